The Morgan fingerprint density at radius 3 is 2.32 bits per heavy atom. The molecular formula is C10H12F4N4O3S. The third-order valence-electron chi connectivity index (χ3n) is 2.83. The van der Waals surface area contributed by atoms with E-state index in [-0.39, 0.29) is 6.42 Å². The lowest BCUT2D eigenvalue weighted by Gasteiger charge is -2.13. The number of rotatable bonds is 2. The van der Waals surface area contributed by atoms with E-state index in [1.807, 2.05) is 0 Å². The molecule has 0 fully saturated rings. The van der Waals surface area contributed by atoms with E-state index in [1.54, 1.807) is 0 Å². The van der Waals surface area contributed by atoms with Gasteiger partial charge in [-0.3, -0.25) is 0 Å². The maximum absolute atomic E-state index is 14.3. The molecule has 0 radical (unpaired) electrons. The van der Waals surface area contributed by atoms with Crippen LogP contribution in [0.4, 0.5) is 17.6 Å². The summed E-state index contributed by atoms with van der Waals surface area (Å²) in [6.07, 6.45) is -5.16. The molecule has 0 aliphatic carbocycles. The molecule has 0 saturated carbocycles. The SMILES string of the molecule is Cc1nn(C(F)(F)F)nc1C(F)S(=O)(=O)C1=NOC(C)(C)C1. The van der Waals surface area contributed by atoms with Gasteiger partial charge in [0, 0.05) is 6.42 Å². The summed E-state index contributed by atoms with van der Waals surface area (Å²) < 4.78 is 75.8. The first kappa shape index (κ1) is 16.6. The lowest BCUT2D eigenvalue weighted by molar-refractivity contribution is -0.221. The molecule has 0 bridgehead atoms. The number of hydrogen-bond acceptors (Lipinski definition) is 6. The number of aromatic nitrogens is 3. The van der Waals surface area contributed by atoms with Crippen LogP contribution in [-0.4, -0.2) is 34.1 Å². The number of aryl methyl sites for hydroxylation is 1. The number of sulfone groups is 1. The lowest BCUT2D eigenvalue weighted by Crippen LogP contribution is -2.25. The third-order valence-corrected chi connectivity index (χ3v) is 4.48. The van der Waals surface area contributed by atoms with Crippen molar-refractivity contribution in [1.29, 1.82) is 0 Å². The van der Waals surface area contributed by atoms with Gasteiger partial charge in [0.25, 0.3) is 5.50 Å². The summed E-state index contributed by atoms with van der Waals surface area (Å²) in [5.41, 5.74) is -5.14. The largest absolute Gasteiger partial charge is 0.521 e. The summed E-state index contributed by atoms with van der Waals surface area (Å²) in [5.74, 6) is 0. The Balaban J connectivity index is 2.36. The van der Waals surface area contributed by atoms with E-state index in [0.717, 1.165) is 6.92 Å². The second kappa shape index (κ2) is 4.89. The van der Waals surface area contributed by atoms with E-state index in [1.165, 1.54) is 13.8 Å². The molecule has 124 valence electrons. The summed E-state index contributed by atoms with van der Waals surface area (Å²) in [7, 11) is -4.64. The van der Waals surface area contributed by atoms with Crippen LogP contribution in [0.2, 0.25) is 0 Å². The van der Waals surface area contributed by atoms with Crippen molar-refractivity contribution in [1.82, 2.24) is 15.0 Å². The summed E-state index contributed by atoms with van der Waals surface area (Å²) in [6, 6.07) is 0. The molecule has 0 N–H and O–H groups in total. The minimum Gasteiger partial charge on any atom is -0.389 e. The minimum absolute atomic E-state index is 0.192. The molecule has 0 aromatic carbocycles. The molecule has 1 unspecified atom stereocenters. The normalized spacial score (nSPS) is 19.7. The van der Waals surface area contributed by atoms with Gasteiger partial charge in [0.2, 0.25) is 9.84 Å². The zero-order valence-corrected chi connectivity index (χ0v) is 12.5. The van der Waals surface area contributed by atoms with E-state index in [4.69, 9.17) is 4.84 Å². The van der Waals surface area contributed by atoms with Crippen molar-refractivity contribution < 1.29 is 30.8 Å². The van der Waals surface area contributed by atoms with Gasteiger partial charge in [0.1, 0.15) is 11.3 Å². The molecule has 1 aromatic heterocycles. The number of alkyl halides is 4. The minimum atomic E-state index is -4.97. The third kappa shape index (κ3) is 2.91. The molecule has 12 heteroatoms. The van der Waals surface area contributed by atoms with Crippen molar-refractivity contribution in [2.24, 2.45) is 5.16 Å². The fourth-order valence-corrected chi connectivity index (χ4v) is 3.18. The fraction of sp³-hybridized carbons (Fsp3) is 0.700. The van der Waals surface area contributed by atoms with E-state index in [9.17, 15) is 26.0 Å². The summed E-state index contributed by atoms with van der Waals surface area (Å²) in [6.45, 7) is 4.11. The second-order valence-electron chi connectivity index (χ2n) is 5.30. The van der Waals surface area contributed by atoms with Crippen molar-refractivity contribution in [3.8, 4) is 0 Å². The molecule has 0 saturated heterocycles. The Labute approximate surface area is 122 Å². The van der Waals surface area contributed by atoms with Crippen LogP contribution in [0.15, 0.2) is 5.16 Å². The molecule has 1 aromatic rings. The highest BCUT2D eigenvalue weighted by Gasteiger charge is 2.44. The van der Waals surface area contributed by atoms with E-state index in [2.05, 4.69) is 15.4 Å². The van der Waals surface area contributed by atoms with Crippen LogP contribution in [0.25, 0.3) is 0 Å². The maximum atomic E-state index is 14.3. The molecule has 2 heterocycles. The predicted octanol–water partition coefficient (Wildman–Crippen LogP) is 1.96. The van der Waals surface area contributed by atoms with Crippen molar-refractivity contribution in [2.45, 2.75) is 44.6 Å². The summed E-state index contributed by atoms with van der Waals surface area (Å²) in [4.78, 5) is 4.15. The van der Waals surface area contributed by atoms with Crippen molar-refractivity contribution in [2.75, 3.05) is 0 Å². The van der Waals surface area contributed by atoms with Gasteiger partial charge in [-0.2, -0.15) is 5.10 Å². The zero-order valence-electron chi connectivity index (χ0n) is 11.7. The number of hydrogen-bond donors (Lipinski definition) is 0. The molecule has 1 aliphatic heterocycles. The molecule has 0 spiro atoms. The monoisotopic (exact) mass is 344 g/mol. The van der Waals surface area contributed by atoms with Crippen LogP contribution < -0.4 is 0 Å². The number of halogens is 4. The molecule has 22 heavy (non-hydrogen) atoms. The first-order chi connectivity index (χ1) is 9.84. The van der Waals surface area contributed by atoms with Gasteiger partial charge in [-0.05, 0) is 20.8 Å². The Morgan fingerprint density at radius 2 is 1.91 bits per heavy atom. The highest BCUT2D eigenvalue weighted by molar-refractivity contribution is 8.06. The van der Waals surface area contributed by atoms with Crippen LogP contribution in [0, 0.1) is 6.92 Å². The van der Waals surface area contributed by atoms with E-state index in [0.29, 0.717) is 0 Å². The lowest BCUT2D eigenvalue weighted by atomic mass is 10.1. The Morgan fingerprint density at radius 1 is 1.32 bits per heavy atom. The smallest absolute Gasteiger partial charge is 0.389 e. The second-order valence-corrected chi connectivity index (χ2v) is 7.28. The van der Waals surface area contributed by atoms with Crippen LogP contribution in [0.1, 0.15) is 37.2 Å². The van der Waals surface area contributed by atoms with E-state index >= 15 is 0 Å². The molecule has 1 atom stereocenters. The van der Waals surface area contributed by atoms with Gasteiger partial charge in [-0.15, -0.1) is 18.3 Å². The van der Waals surface area contributed by atoms with Gasteiger partial charge < -0.3 is 4.84 Å². The standard InChI is InChI=1S/C10H12F4N4O3S/c1-5-7(16-18(15-5)10(12,13)14)8(11)22(19,20)6-4-9(2,3)21-17-6/h8H,4H2,1-3H3. The topological polar surface area (TPSA) is 86.4 Å². The molecule has 0 amide bonds. The van der Waals surface area contributed by atoms with Crippen LogP contribution in [0.3, 0.4) is 0 Å². The van der Waals surface area contributed by atoms with Gasteiger partial charge in [-0.25, -0.2) is 12.8 Å². The highest BCUT2D eigenvalue weighted by atomic mass is 32.2. The molecule has 2 rings (SSSR count). The quantitative estimate of drug-likeness (QED) is 0.766. The zero-order chi connectivity index (χ0) is 16.9. The van der Waals surface area contributed by atoms with Gasteiger partial charge in [0.15, 0.2) is 5.04 Å². The number of nitrogens with zero attached hydrogens (tertiary/aromatic N) is 4. The first-order valence-corrected chi connectivity index (χ1v) is 7.53. The molecule has 7 nitrogen and oxygen atoms in total. The van der Waals surface area contributed by atoms with Crippen LogP contribution >= 0.6 is 0 Å². The van der Waals surface area contributed by atoms with Gasteiger partial charge in [0.05, 0.1) is 5.69 Å². The van der Waals surface area contributed by atoms with E-state index < -0.39 is 48.5 Å². The summed E-state index contributed by atoms with van der Waals surface area (Å²) >= 11 is 0. The Bertz CT molecular complexity index is 723. The van der Waals surface area contributed by atoms with Crippen molar-refractivity contribution in [3.05, 3.63) is 11.4 Å². The maximum Gasteiger partial charge on any atom is 0.521 e. The van der Waals surface area contributed by atoms with Crippen LogP contribution in [-0.2, 0) is 21.0 Å². The first-order valence-electron chi connectivity index (χ1n) is 5.99. The average molecular weight is 344 g/mol. The number of oxime groups is 1. The van der Waals surface area contributed by atoms with Crippen molar-refractivity contribution >= 4 is 14.9 Å². The predicted molar refractivity (Wildman–Crippen MR) is 66.0 cm³/mol. The Kier molecular flexibility index (Phi) is 3.70. The van der Waals surface area contributed by atoms with Gasteiger partial charge in [-0.1, -0.05) is 9.95 Å². The molecular weight excluding hydrogens is 332 g/mol. The van der Waals surface area contributed by atoms with Crippen molar-refractivity contribution in [3.63, 3.8) is 0 Å². The molecule has 1 aliphatic rings. The fourth-order valence-electron chi connectivity index (χ4n) is 1.74. The highest BCUT2D eigenvalue weighted by Crippen LogP contribution is 2.33. The van der Waals surface area contributed by atoms with Gasteiger partial charge >= 0.3 is 6.30 Å². The Hall–Kier alpha value is -1.72. The van der Waals surface area contributed by atoms with Crippen LogP contribution in [0.5, 0.6) is 0 Å². The summed E-state index contributed by atoms with van der Waals surface area (Å²) in [5, 5.41) is 8.59. The average Bonchev–Trinajstić information content (AvgIpc) is 2.91.